The topological polar surface area (TPSA) is 39.4 Å². The van der Waals surface area contributed by atoms with E-state index in [0.29, 0.717) is 53.9 Å². The first-order chi connectivity index (χ1) is 14.2. The van der Waals surface area contributed by atoms with Crippen LogP contribution in [0.2, 0.25) is 0 Å². The Bertz CT molecular complexity index is 1170. The zero-order valence-corrected chi connectivity index (χ0v) is 15.9. The lowest BCUT2D eigenvalue weighted by atomic mass is 10.00. The molecule has 0 bridgehead atoms. The van der Waals surface area contributed by atoms with Crippen molar-refractivity contribution in [1.29, 1.82) is 0 Å². The van der Waals surface area contributed by atoms with Gasteiger partial charge in [-0.25, -0.2) is 4.39 Å². The van der Waals surface area contributed by atoms with E-state index in [4.69, 9.17) is 9.15 Å². The molecule has 0 aliphatic carbocycles. The van der Waals surface area contributed by atoms with Crippen LogP contribution in [-0.4, -0.2) is 6.61 Å². The van der Waals surface area contributed by atoms with Crippen LogP contribution in [0.5, 0.6) is 0 Å². The van der Waals surface area contributed by atoms with Gasteiger partial charge in [0, 0.05) is 13.0 Å². The lowest BCUT2D eigenvalue weighted by Crippen LogP contribution is -2.10. The Balaban J connectivity index is 1.57. The highest BCUT2D eigenvalue weighted by molar-refractivity contribution is 5.82. The summed E-state index contributed by atoms with van der Waals surface area (Å²) in [6.07, 6.45) is 1.22. The van der Waals surface area contributed by atoms with Crippen LogP contribution in [0.25, 0.3) is 22.1 Å². The number of hydrogen-bond donors (Lipinski definition) is 0. The first-order valence-electron chi connectivity index (χ1n) is 9.65. The molecular formula is C25H21FO3. The molecule has 146 valence electrons. The van der Waals surface area contributed by atoms with E-state index < -0.39 is 0 Å². The number of para-hydroxylation sites is 1. The second-order valence-electron chi connectivity index (χ2n) is 6.88. The molecule has 3 aromatic carbocycles. The molecule has 0 fully saturated rings. The minimum absolute atomic E-state index is 0.141. The maximum atomic E-state index is 13.8. The number of fused-ring (bicyclic) bond motifs is 1. The summed E-state index contributed by atoms with van der Waals surface area (Å²) in [6.45, 7) is 1.08. The monoisotopic (exact) mass is 388 g/mol. The molecule has 0 saturated carbocycles. The second kappa shape index (κ2) is 8.84. The van der Waals surface area contributed by atoms with Crippen LogP contribution in [-0.2, 0) is 17.8 Å². The van der Waals surface area contributed by atoms with Crippen molar-refractivity contribution in [3.05, 3.63) is 106 Å². The molecule has 0 saturated heterocycles. The Morgan fingerprint density at radius 3 is 2.52 bits per heavy atom. The molecule has 3 nitrogen and oxygen atoms in total. The highest BCUT2D eigenvalue weighted by atomic mass is 19.1. The Labute approximate surface area is 168 Å². The van der Waals surface area contributed by atoms with Crippen LogP contribution in [0.1, 0.15) is 17.7 Å². The average molecular weight is 388 g/mol. The van der Waals surface area contributed by atoms with Crippen molar-refractivity contribution in [2.24, 2.45) is 0 Å². The van der Waals surface area contributed by atoms with Gasteiger partial charge in [-0.2, -0.15) is 0 Å². The predicted octanol–water partition coefficient (Wildman–Crippen LogP) is 5.75. The summed E-state index contributed by atoms with van der Waals surface area (Å²) in [5.74, 6) is 0.176. The molecule has 29 heavy (non-hydrogen) atoms. The van der Waals surface area contributed by atoms with Gasteiger partial charge in [-0.1, -0.05) is 54.6 Å². The van der Waals surface area contributed by atoms with E-state index in [2.05, 4.69) is 0 Å². The van der Waals surface area contributed by atoms with Gasteiger partial charge in [0.15, 0.2) is 0 Å². The second-order valence-corrected chi connectivity index (χ2v) is 6.88. The molecule has 0 atom stereocenters. The summed E-state index contributed by atoms with van der Waals surface area (Å²) in [5, 5.41) is 0.496. The molecule has 0 amide bonds. The van der Waals surface area contributed by atoms with Crippen molar-refractivity contribution in [2.45, 2.75) is 19.4 Å². The quantitative estimate of drug-likeness (QED) is 0.379. The maximum absolute atomic E-state index is 13.8. The average Bonchev–Trinajstić information content (AvgIpc) is 2.74. The van der Waals surface area contributed by atoms with Gasteiger partial charge in [0.1, 0.15) is 17.2 Å². The van der Waals surface area contributed by atoms with Crippen molar-refractivity contribution in [3.8, 4) is 11.1 Å². The lowest BCUT2D eigenvalue weighted by Gasteiger charge is -2.11. The standard InChI is InChI=1S/C25H21FO3/c26-20-11-6-10-19(16-20)24-23(29-22-13-5-4-12-21(22)25(24)27)14-7-15-28-17-18-8-2-1-3-9-18/h1-6,8-13,16H,7,14-15,17H2. The van der Waals surface area contributed by atoms with Crippen molar-refractivity contribution < 1.29 is 13.5 Å². The number of aryl methyl sites for hydroxylation is 1. The van der Waals surface area contributed by atoms with Crippen LogP contribution in [0.15, 0.2) is 88.1 Å². The molecule has 0 radical (unpaired) electrons. The molecule has 4 rings (SSSR count). The zero-order valence-electron chi connectivity index (χ0n) is 15.9. The number of rotatable bonds is 7. The van der Waals surface area contributed by atoms with Gasteiger partial charge in [0.25, 0.3) is 0 Å². The third-order valence-corrected chi connectivity index (χ3v) is 4.79. The van der Waals surface area contributed by atoms with Gasteiger partial charge in [-0.05, 0) is 41.8 Å². The Morgan fingerprint density at radius 2 is 1.69 bits per heavy atom. The summed E-state index contributed by atoms with van der Waals surface area (Å²) in [7, 11) is 0. The van der Waals surface area contributed by atoms with E-state index in [1.165, 1.54) is 12.1 Å². The van der Waals surface area contributed by atoms with Crippen LogP contribution in [0.4, 0.5) is 4.39 Å². The predicted molar refractivity (Wildman–Crippen MR) is 112 cm³/mol. The minimum Gasteiger partial charge on any atom is -0.460 e. The first kappa shape index (κ1) is 19.1. The van der Waals surface area contributed by atoms with Gasteiger partial charge < -0.3 is 9.15 Å². The fraction of sp³-hybridized carbons (Fsp3) is 0.160. The fourth-order valence-corrected chi connectivity index (χ4v) is 3.40. The lowest BCUT2D eigenvalue weighted by molar-refractivity contribution is 0.118. The highest BCUT2D eigenvalue weighted by Crippen LogP contribution is 2.26. The largest absolute Gasteiger partial charge is 0.460 e. The number of halogens is 1. The van der Waals surface area contributed by atoms with Gasteiger partial charge >= 0.3 is 0 Å². The summed E-state index contributed by atoms with van der Waals surface area (Å²) < 4.78 is 25.6. The molecule has 0 aliphatic rings. The minimum atomic E-state index is -0.382. The molecule has 4 aromatic rings. The Kier molecular flexibility index (Phi) is 5.82. The molecule has 1 aromatic heterocycles. The van der Waals surface area contributed by atoms with E-state index >= 15 is 0 Å². The summed E-state index contributed by atoms with van der Waals surface area (Å²) in [4.78, 5) is 13.1. The van der Waals surface area contributed by atoms with Gasteiger partial charge in [0.05, 0.1) is 17.6 Å². The third kappa shape index (κ3) is 4.44. The molecule has 0 unspecified atom stereocenters. The van der Waals surface area contributed by atoms with E-state index in [1.807, 2.05) is 36.4 Å². The summed E-state index contributed by atoms with van der Waals surface area (Å²) in [6, 6.07) is 23.2. The molecule has 0 aliphatic heterocycles. The van der Waals surface area contributed by atoms with Crippen molar-refractivity contribution in [3.63, 3.8) is 0 Å². The smallest absolute Gasteiger partial charge is 0.200 e. The number of benzene rings is 3. The normalized spacial score (nSPS) is 11.1. The molecule has 1 heterocycles. The maximum Gasteiger partial charge on any atom is 0.200 e. The molecular weight excluding hydrogens is 367 g/mol. The van der Waals surface area contributed by atoms with E-state index in [9.17, 15) is 9.18 Å². The third-order valence-electron chi connectivity index (χ3n) is 4.79. The number of ether oxygens (including phenoxy) is 1. The van der Waals surface area contributed by atoms with Crippen LogP contribution in [0, 0.1) is 5.82 Å². The van der Waals surface area contributed by atoms with Crippen molar-refractivity contribution in [2.75, 3.05) is 6.61 Å². The highest BCUT2D eigenvalue weighted by Gasteiger charge is 2.16. The fourth-order valence-electron chi connectivity index (χ4n) is 3.40. The molecule has 0 N–H and O–H groups in total. The van der Waals surface area contributed by atoms with E-state index in [1.54, 1.807) is 30.3 Å². The Morgan fingerprint density at radius 1 is 0.897 bits per heavy atom. The van der Waals surface area contributed by atoms with E-state index in [-0.39, 0.29) is 11.2 Å². The van der Waals surface area contributed by atoms with E-state index in [0.717, 1.165) is 5.56 Å². The van der Waals surface area contributed by atoms with Crippen LogP contribution in [0.3, 0.4) is 0 Å². The summed E-state index contributed by atoms with van der Waals surface area (Å²) in [5.41, 5.74) is 2.47. The Hall–Kier alpha value is -3.24. The first-order valence-corrected chi connectivity index (χ1v) is 9.65. The van der Waals surface area contributed by atoms with Crippen LogP contribution >= 0.6 is 0 Å². The zero-order chi connectivity index (χ0) is 20.1. The van der Waals surface area contributed by atoms with Crippen molar-refractivity contribution >= 4 is 11.0 Å². The molecule has 4 heteroatoms. The SMILES string of the molecule is O=c1c(-c2cccc(F)c2)c(CCCOCc2ccccc2)oc2ccccc12. The molecule has 0 spiro atoms. The van der Waals surface area contributed by atoms with Crippen LogP contribution < -0.4 is 5.43 Å². The number of hydrogen-bond acceptors (Lipinski definition) is 3. The van der Waals surface area contributed by atoms with Gasteiger partial charge in [-0.3, -0.25) is 4.79 Å². The van der Waals surface area contributed by atoms with Gasteiger partial charge in [-0.15, -0.1) is 0 Å². The summed E-state index contributed by atoms with van der Waals surface area (Å²) >= 11 is 0. The van der Waals surface area contributed by atoms with Gasteiger partial charge in [0.2, 0.25) is 5.43 Å². The van der Waals surface area contributed by atoms with Crippen molar-refractivity contribution in [1.82, 2.24) is 0 Å².